The van der Waals surface area contributed by atoms with Crippen molar-refractivity contribution >= 4 is 18.6 Å². The standard InChI is InChI=1S/C24H22F3NO2S/c25-24(26,27)21-14-19(10-11-20(21)17-4-2-1-3-5-17)23(31)18-8-6-16(7-9-18)15-28-13-12-22(29)30/h1-11,14,23,28,31H,12-13,15H2,(H,29,30). The minimum Gasteiger partial charge on any atom is -0.481 e. The molecule has 1 unspecified atom stereocenters. The number of carboxylic acid groups (broad SMARTS) is 1. The van der Waals surface area contributed by atoms with Crippen molar-refractivity contribution in [2.75, 3.05) is 6.54 Å². The monoisotopic (exact) mass is 445 g/mol. The van der Waals surface area contributed by atoms with Crippen LogP contribution in [-0.2, 0) is 17.5 Å². The Morgan fingerprint density at radius 1 is 0.968 bits per heavy atom. The van der Waals surface area contributed by atoms with Crippen LogP contribution in [0.25, 0.3) is 11.1 Å². The van der Waals surface area contributed by atoms with Gasteiger partial charge in [-0.3, -0.25) is 4.79 Å². The average Bonchev–Trinajstić information content (AvgIpc) is 2.76. The van der Waals surface area contributed by atoms with Crippen molar-refractivity contribution in [1.29, 1.82) is 0 Å². The topological polar surface area (TPSA) is 49.3 Å². The lowest BCUT2D eigenvalue weighted by molar-refractivity contribution is -0.137. The number of carbonyl (C=O) groups is 1. The smallest absolute Gasteiger partial charge is 0.417 e. The fourth-order valence-electron chi connectivity index (χ4n) is 3.27. The molecule has 0 saturated heterocycles. The van der Waals surface area contributed by atoms with E-state index < -0.39 is 23.0 Å². The van der Waals surface area contributed by atoms with Gasteiger partial charge in [-0.25, -0.2) is 0 Å². The summed E-state index contributed by atoms with van der Waals surface area (Å²) in [5.41, 5.74) is 2.15. The highest BCUT2D eigenvalue weighted by Crippen LogP contribution is 2.40. The second-order valence-electron chi connectivity index (χ2n) is 7.13. The number of aliphatic carboxylic acids is 1. The fourth-order valence-corrected chi connectivity index (χ4v) is 3.61. The average molecular weight is 446 g/mol. The molecular formula is C24H22F3NO2S. The SMILES string of the molecule is O=C(O)CCNCc1ccc(C(S)c2ccc(-c3ccccc3)c(C(F)(F)F)c2)cc1. The molecule has 3 aromatic carbocycles. The van der Waals surface area contributed by atoms with Gasteiger partial charge in [-0.05, 0) is 33.9 Å². The molecule has 3 rings (SSSR count). The zero-order chi connectivity index (χ0) is 22.4. The summed E-state index contributed by atoms with van der Waals surface area (Å²) in [5, 5.41) is 11.2. The van der Waals surface area contributed by atoms with Crippen molar-refractivity contribution in [3.05, 3.63) is 95.1 Å². The van der Waals surface area contributed by atoms with Gasteiger partial charge in [-0.15, -0.1) is 0 Å². The maximum atomic E-state index is 13.8. The Hall–Kier alpha value is -2.77. The van der Waals surface area contributed by atoms with E-state index in [-0.39, 0.29) is 12.0 Å². The molecule has 0 amide bonds. The van der Waals surface area contributed by atoms with Crippen molar-refractivity contribution < 1.29 is 23.1 Å². The van der Waals surface area contributed by atoms with Crippen molar-refractivity contribution in [2.24, 2.45) is 0 Å². The Bertz CT molecular complexity index is 1020. The fraction of sp³-hybridized carbons (Fsp3) is 0.208. The molecule has 162 valence electrons. The maximum absolute atomic E-state index is 13.8. The van der Waals surface area contributed by atoms with E-state index in [4.69, 9.17) is 5.11 Å². The number of hydrogen-bond acceptors (Lipinski definition) is 3. The first-order chi connectivity index (χ1) is 14.8. The second-order valence-corrected chi connectivity index (χ2v) is 7.65. The van der Waals surface area contributed by atoms with E-state index in [1.165, 1.54) is 12.1 Å². The van der Waals surface area contributed by atoms with Gasteiger partial charge in [0.1, 0.15) is 0 Å². The van der Waals surface area contributed by atoms with Crippen LogP contribution in [0.15, 0.2) is 72.8 Å². The molecule has 0 heterocycles. The van der Waals surface area contributed by atoms with Crippen LogP contribution in [0.5, 0.6) is 0 Å². The van der Waals surface area contributed by atoms with Gasteiger partial charge < -0.3 is 10.4 Å². The summed E-state index contributed by atoms with van der Waals surface area (Å²) in [4.78, 5) is 10.5. The van der Waals surface area contributed by atoms with Crippen molar-refractivity contribution in [1.82, 2.24) is 5.32 Å². The normalized spacial score (nSPS) is 12.5. The van der Waals surface area contributed by atoms with Gasteiger partial charge in [-0.2, -0.15) is 25.8 Å². The molecule has 0 aliphatic heterocycles. The molecule has 0 aliphatic rings. The Morgan fingerprint density at radius 3 is 2.23 bits per heavy atom. The van der Waals surface area contributed by atoms with Gasteiger partial charge in [0, 0.05) is 13.1 Å². The molecule has 0 saturated carbocycles. The predicted octanol–water partition coefficient (Wildman–Crippen LogP) is 5.96. The second kappa shape index (κ2) is 10.0. The predicted molar refractivity (Wildman–Crippen MR) is 118 cm³/mol. The molecule has 3 nitrogen and oxygen atoms in total. The van der Waals surface area contributed by atoms with Gasteiger partial charge in [0.25, 0.3) is 0 Å². The number of nitrogens with one attached hydrogen (secondary N) is 1. The Kier molecular flexibility index (Phi) is 7.41. The number of rotatable bonds is 8. The van der Waals surface area contributed by atoms with Crippen LogP contribution in [-0.4, -0.2) is 17.6 Å². The first-order valence-electron chi connectivity index (χ1n) is 9.71. The van der Waals surface area contributed by atoms with Crippen LogP contribution >= 0.6 is 12.6 Å². The third-order valence-electron chi connectivity index (χ3n) is 4.89. The number of thiol groups is 1. The molecule has 1 atom stereocenters. The van der Waals surface area contributed by atoms with Gasteiger partial charge >= 0.3 is 12.1 Å². The van der Waals surface area contributed by atoms with Crippen LogP contribution in [0.4, 0.5) is 13.2 Å². The van der Waals surface area contributed by atoms with Crippen molar-refractivity contribution in [3.63, 3.8) is 0 Å². The summed E-state index contributed by atoms with van der Waals surface area (Å²) >= 11 is 4.57. The Morgan fingerprint density at radius 2 is 1.61 bits per heavy atom. The summed E-state index contributed by atoms with van der Waals surface area (Å²) in [6.45, 7) is 0.870. The molecular weight excluding hydrogens is 423 g/mol. The lowest BCUT2D eigenvalue weighted by Crippen LogP contribution is -2.17. The Balaban J connectivity index is 1.80. The number of carboxylic acids is 1. The Labute approximate surface area is 184 Å². The molecule has 3 aromatic rings. The maximum Gasteiger partial charge on any atom is 0.417 e. The zero-order valence-corrected chi connectivity index (χ0v) is 17.5. The molecule has 0 radical (unpaired) electrons. The number of benzene rings is 3. The highest BCUT2D eigenvalue weighted by atomic mass is 32.1. The number of hydrogen-bond donors (Lipinski definition) is 3. The van der Waals surface area contributed by atoms with E-state index in [1.807, 2.05) is 24.3 Å². The lowest BCUT2D eigenvalue weighted by Gasteiger charge is -2.18. The van der Waals surface area contributed by atoms with Gasteiger partial charge in [0.2, 0.25) is 0 Å². The third-order valence-corrected chi connectivity index (χ3v) is 5.49. The van der Waals surface area contributed by atoms with Crippen LogP contribution < -0.4 is 5.32 Å². The first-order valence-corrected chi connectivity index (χ1v) is 10.2. The largest absolute Gasteiger partial charge is 0.481 e. The molecule has 0 aromatic heterocycles. The molecule has 31 heavy (non-hydrogen) atoms. The molecule has 0 bridgehead atoms. The molecule has 2 N–H and O–H groups in total. The summed E-state index contributed by atoms with van der Waals surface area (Å²) in [6.07, 6.45) is -4.45. The van der Waals surface area contributed by atoms with Crippen molar-refractivity contribution in [3.8, 4) is 11.1 Å². The lowest BCUT2D eigenvalue weighted by atomic mass is 9.94. The third kappa shape index (κ3) is 6.12. The highest BCUT2D eigenvalue weighted by Gasteiger charge is 2.34. The molecule has 0 spiro atoms. The van der Waals surface area contributed by atoms with Crippen LogP contribution in [0.1, 0.15) is 33.9 Å². The summed E-state index contributed by atoms with van der Waals surface area (Å²) < 4.78 is 41.3. The first kappa shape index (κ1) is 22.9. The zero-order valence-electron chi connectivity index (χ0n) is 16.6. The van der Waals surface area contributed by atoms with E-state index in [0.717, 1.165) is 11.1 Å². The number of alkyl halides is 3. The minimum absolute atomic E-state index is 0.0390. The van der Waals surface area contributed by atoms with Crippen LogP contribution in [0.3, 0.4) is 0 Å². The van der Waals surface area contributed by atoms with E-state index in [1.54, 1.807) is 36.4 Å². The quantitative estimate of drug-likeness (QED) is 0.296. The van der Waals surface area contributed by atoms with Crippen molar-refractivity contribution in [2.45, 2.75) is 24.4 Å². The van der Waals surface area contributed by atoms with Crippen LogP contribution in [0.2, 0.25) is 0 Å². The molecule has 7 heteroatoms. The summed E-state index contributed by atoms with van der Waals surface area (Å²) in [6, 6.07) is 20.2. The molecule has 0 aliphatic carbocycles. The van der Waals surface area contributed by atoms with Gasteiger partial charge in [0.15, 0.2) is 0 Å². The highest BCUT2D eigenvalue weighted by molar-refractivity contribution is 7.80. The van der Waals surface area contributed by atoms with Gasteiger partial charge in [-0.1, -0.05) is 66.7 Å². The van der Waals surface area contributed by atoms with E-state index in [0.29, 0.717) is 24.2 Å². The number of halogens is 3. The molecule has 0 fully saturated rings. The van der Waals surface area contributed by atoms with E-state index in [9.17, 15) is 18.0 Å². The minimum atomic E-state index is -4.49. The van der Waals surface area contributed by atoms with E-state index in [2.05, 4.69) is 17.9 Å². The van der Waals surface area contributed by atoms with Gasteiger partial charge in [0.05, 0.1) is 17.2 Å². The summed E-state index contributed by atoms with van der Waals surface area (Å²) in [7, 11) is 0. The van der Waals surface area contributed by atoms with E-state index >= 15 is 0 Å². The van der Waals surface area contributed by atoms with Crippen LogP contribution in [0, 0.1) is 0 Å². The summed E-state index contributed by atoms with van der Waals surface area (Å²) in [5.74, 6) is -0.864.